The van der Waals surface area contributed by atoms with Gasteiger partial charge in [0.1, 0.15) is 5.82 Å². The molecule has 2 aromatic rings. The second-order valence-electron chi connectivity index (χ2n) is 8.44. The van der Waals surface area contributed by atoms with Crippen molar-refractivity contribution in [2.75, 3.05) is 44.2 Å². The molecular formula is C22H30N6O2. The minimum absolute atomic E-state index is 0.214. The van der Waals surface area contributed by atoms with E-state index in [2.05, 4.69) is 38.0 Å². The smallest absolute Gasteiger partial charge is 0.354 e. The Balaban J connectivity index is 0.000000687. The predicted octanol–water partition coefficient (Wildman–Crippen LogP) is 0.730. The number of nitrogens with one attached hydrogen (secondary N) is 1. The number of nitrogens with zero attached hydrogens (tertiary/aromatic N) is 4. The van der Waals surface area contributed by atoms with Crippen molar-refractivity contribution in [2.45, 2.75) is 25.8 Å². The maximum Gasteiger partial charge on any atom is 0.354 e. The predicted molar refractivity (Wildman–Crippen MR) is 117 cm³/mol. The quantitative estimate of drug-likeness (QED) is 0.722. The summed E-state index contributed by atoms with van der Waals surface area (Å²) in [6.45, 7) is 7.14. The lowest BCUT2D eigenvalue weighted by Gasteiger charge is -2.28. The minimum Gasteiger partial charge on any atom is -0.372 e. The summed E-state index contributed by atoms with van der Waals surface area (Å²) in [7, 11) is 0. The Hall–Kier alpha value is -2.71. The van der Waals surface area contributed by atoms with Gasteiger partial charge in [0.15, 0.2) is 0 Å². The first-order valence-electron chi connectivity index (χ1n) is 10.6. The number of piperazine rings is 1. The molecule has 3 fully saturated rings. The lowest BCUT2D eigenvalue weighted by molar-refractivity contribution is -0.106. The molecule has 0 unspecified atom stereocenters. The average Bonchev–Trinajstić information content (AvgIpc) is 3.41. The monoisotopic (exact) mass is 410 g/mol. The number of likely N-dealkylation sites (tertiary alicyclic amines) is 1. The van der Waals surface area contributed by atoms with Crippen molar-refractivity contribution in [2.24, 2.45) is 11.1 Å². The van der Waals surface area contributed by atoms with Crippen LogP contribution >= 0.6 is 0 Å². The van der Waals surface area contributed by atoms with Gasteiger partial charge in [0, 0.05) is 45.5 Å². The first-order chi connectivity index (χ1) is 14.6. The number of hydrogen-bond donors (Lipinski definition) is 2. The lowest BCUT2D eigenvalue weighted by Crippen LogP contribution is -2.44. The summed E-state index contributed by atoms with van der Waals surface area (Å²) in [5.74, 6) is 0.775. The number of nitrogens with two attached hydrogens (primary N) is 1. The molecule has 2 aliphatic heterocycles. The number of carbonyl (C=O) groups excluding carboxylic acids is 1. The fourth-order valence-corrected chi connectivity index (χ4v) is 4.43. The molecule has 3 heterocycles. The van der Waals surface area contributed by atoms with Crippen molar-refractivity contribution in [3.8, 4) is 5.69 Å². The SMILES string of the molecule is NC=O.O=c1nc(N2CCNCC2)ccn1-c1ccc(CN2CCC3(CC3)C2)cc1. The zero-order valence-corrected chi connectivity index (χ0v) is 17.3. The minimum atomic E-state index is -0.214. The summed E-state index contributed by atoms with van der Waals surface area (Å²) < 4.78 is 1.63. The Morgan fingerprint density at radius 2 is 1.77 bits per heavy atom. The summed E-state index contributed by atoms with van der Waals surface area (Å²) in [6.07, 6.45) is 6.30. The van der Waals surface area contributed by atoms with E-state index >= 15 is 0 Å². The van der Waals surface area contributed by atoms with Crippen molar-refractivity contribution in [3.05, 3.63) is 52.6 Å². The third kappa shape index (κ3) is 4.71. The normalized spacial score (nSPS) is 19.9. The lowest BCUT2D eigenvalue weighted by atomic mass is 10.1. The van der Waals surface area contributed by atoms with Crippen LogP contribution in [0.5, 0.6) is 0 Å². The number of primary amides is 1. The molecule has 5 rings (SSSR count). The molecular weight excluding hydrogens is 380 g/mol. The third-order valence-electron chi connectivity index (χ3n) is 6.33. The largest absolute Gasteiger partial charge is 0.372 e. The van der Waals surface area contributed by atoms with Crippen LogP contribution in [-0.2, 0) is 11.3 Å². The highest BCUT2D eigenvalue weighted by molar-refractivity contribution is 5.42. The summed E-state index contributed by atoms with van der Waals surface area (Å²) in [6, 6.07) is 10.3. The first kappa shape index (κ1) is 20.6. The highest BCUT2D eigenvalue weighted by Gasteiger charge is 2.47. The second-order valence-corrected chi connectivity index (χ2v) is 8.44. The molecule has 3 aliphatic rings. The van der Waals surface area contributed by atoms with E-state index in [-0.39, 0.29) is 12.1 Å². The second kappa shape index (κ2) is 8.97. The molecule has 2 saturated heterocycles. The Labute approximate surface area is 176 Å². The van der Waals surface area contributed by atoms with Crippen LogP contribution in [-0.4, -0.2) is 60.1 Å². The van der Waals surface area contributed by atoms with Crippen molar-refractivity contribution in [1.82, 2.24) is 19.8 Å². The zero-order valence-electron chi connectivity index (χ0n) is 17.3. The van der Waals surface area contributed by atoms with E-state index in [1.54, 1.807) is 4.57 Å². The molecule has 3 N–H and O–H groups in total. The third-order valence-corrected chi connectivity index (χ3v) is 6.33. The molecule has 1 aromatic carbocycles. The van der Waals surface area contributed by atoms with Crippen LogP contribution < -0.4 is 21.6 Å². The van der Waals surface area contributed by atoms with Gasteiger partial charge in [-0.2, -0.15) is 4.98 Å². The maximum atomic E-state index is 12.5. The highest BCUT2D eigenvalue weighted by Crippen LogP contribution is 2.52. The van der Waals surface area contributed by atoms with Crippen molar-refractivity contribution >= 4 is 12.2 Å². The van der Waals surface area contributed by atoms with Gasteiger partial charge in [-0.05, 0) is 55.0 Å². The molecule has 0 atom stereocenters. The molecule has 160 valence electrons. The Kier molecular flexibility index (Phi) is 6.15. The number of aromatic nitrogens is 2. The molecule has 1 saturated carbocycles. The van der Waals surface area contributed by atoms with E-state index in [9.17, 15) is 4.79 Å². The van der Waals surface area contributed by atoms with Gasteiger partial charge in [0.25, 0.3) is 0 Å². The van der Waals surface area contributed by atoms with Crippen LogP contribution in [0, 0.1) is 5.41 Å². The topological polar surface area (TPSA) is 96.5 Å². The fourth-order valence-electron chi connectivity index (χ4n) is 4.43. The highest BCUT2D eigenvalue weighted by atomic mass is 16.1. The number of benzene rings is 1. The van der Waals surface area contributed by atoms with Crippen LogP contribution in [0.4, 0.5) is 5.82 Å². The van der Waals surface area contributed by atoms with Crippen LogP contribution in [0.2, 0.25) is 0 Å². The van der Waals surface area contributed by atoms with Crippen LogP contribution in [0.1, 0.15) is 24.8 Å². The van der Waals surface area contributed by atoms with Crippen LogP contribution in [0.15, 0.2) is 41.3 Å². The number of amides is 1. The van der Waals surface area contributed by atoms with E-state index in [4.69, 9.17) is 4.79 Å². The standard InChI is InChI=1S/C21H27N5O.CH3NO/c27-20-23-19(25-13-9-22-10-14-25)5-11-26(20)18-3-1-17(2-4-18)15-24-12-8-21(16-24)6-7-21;2-1-3/h1-5,11,22H,6-10,12-16H2;1H,(H2,2,3). The van der Waals surface area contributed by atoms with Gasteiger partial charge in [-0.15, -0.1) is 0 Å². The van der Waals surface area contributed by atoms with E-state index < -0.39 is 0 Å². The number of rotatable bonds is 4. The molecule has 1 aromatic heterocycles. The first-order valence-corrected chi connectivity index (χ1v) is 10.6. The number of carbonyl (C=O) groups is 1. The summed E-state index contributed by atoms with van der Waals surface area (Å²) >= 11 is 0. The van der Waals surface area contributed by atoms with Gasteiger partial charge in [-0.3, -0.25) is 14.3 Å². The van der Waals surface area contributed by atoms with E-state index in [1.165, 1.54) is 37.9 Å². The van der Waals surface area contributed by atoms with Crippen LogP contribution in [0.25, 0.3) is 5.69 Å². The van der Waals surface area contributed by atoms with Gasteiger partial charge in [-0.1, -0.05) is 12.1 Å². The summed E-state index contributed by atoms with van der Waals surface area (Å²) in [5, 5.41) is 3.32. The van der Waals surface area contributed by atoms with Gasteiger partial charge in [0.2, 0.25) is 6.41 Å². The van der Waals surface area contributed by atoms with Gasteiger partial charge < -0.3 is 16.0 Å². The molecule has 1 spiro atoms. The molecule has 8 nitrogen and oxygen atoms in total. The van der Waals surface area contributed by atoms with Gasteiger partial charge in [0.05, 0.1) is 5.69 Å². The van der Waals surface area contributed by atoms with Crippen molar-refractivity contribution < 1.29 is 4.79 Å². The zero-order chi connectivity index (χ0) is 21.0. The maximum absolute atomic E-state index is 12.5. The molecule has 1 amide bonds. The number of hydrogen-bond acceptors (Lipinski definition) is 6. The van der Waals surface area contributed by atoms with Gasteiger partial charge in [-0.25, -0.2) is 4.79 Å². The summed E-state index contributed by atoms with van der Waals surface area (Å²) in [5.41, 5.74) is 6.82. The van der Waals surface area contributed by atoms with E-state index in [0.29, 0.717) is 5.41 Å². The number of anilines is 1. The molecule has 1 aliphatic carbocycles. The molecule has 0 bridgehead atoms. The van der Waals surface area contributed by atoms with Crippen LogP contribution in [0.3, 0.4) is 0 Å². The van der Waals surface area contributed by atoms with Gasteiger partial charge >= 0.3 is 5.69 Å². The molecule has 30 heavy (non-hydrogen) atoms. The Morgan fingerprint density at radius 1 is 1.07 bits per heavy atom. The van der Waals surface area contributed by atoms with E-state index in [0.717, 1.165) is 44.2 Å². The van der Waals surface area contributed by atoms with Crippen molar-refractivity contribution in [3.63, 3.8) is 0 Å². The molecule has 8 heteroatoms. The fraction of sp³-hybridized carbons (Fsp3) is 0.500. The van der Waals surface area contributed by atoms with Crippen molar-refractivity contribution in [1.29, 1.82) is 0 Å². The Morgan fingerprint density at radius 3 is 2.37 bits per heavy atom. The Bertz CT molecular complexity index is 916. The summed E-state index contributed by atoms with van der Waals surface area (Å²) in [4.78, 5) is 30.1. The van der Waals surface area contributed by atoms with E-state index in [1.807, 2.05) is 24.4 Å². The average molecular weight is 411 g/mol. The molecule has 0 radical (unpaired) electrons.